The Balaban J connectivity index is 2.69. The van der Waals surface area contributed by atoms with Gasteiger partial charge in [-0.25, -0.2) is 0 Å². The lowest BCUT2D eigenvalue weighted by atomic mass is 10.0. The largest absolute Gasteiger partial charge is 0.388 e. The molecule has 1 aromatic rings. The van der Waals surface area contributed by atoms with Crippen molar-refractivity contribution in [3.8, 4) is 12.3 Å². The summed E-state index contributed by atoms with van der Waals surface area (Å²) in [7, 11) is 0. The van der Waals surface area contributed by atoms with E-state index < -0.39 is 6.10 Å². The molecule has 1 atom stereocenters. The SMILES string of the molecule is C#CCCCC(O)c1cc(I)ccc1Br. The Kier molecular flexibility index (Phi) is 5.65. The standard InChI is InChI=1S/C12H12BrIO/c1-2-3-4-5-12(15)10-8-9(14)6-7-11(10)13/h1,6-8,12,15H,3-5H2. The fraction of sp³-hybridized carbons (Fsp3) is 0.333. The van der Waals surface area contributed by atoms with Gasteiger partial charge in [-0.05, 0) is 59.2 Å². The van der Waals surface area contributed by atoms with Crippen molar-refractivity contribution >= 4 is 38.5 Å². The first kappa shape index (κ1) is 13.0. The van der Waals surface area contributed by atoms with E-state index in [1.807, 2.05) is 18.2 Å². The molecule has 0 saturated heterocycles. The molecule has 3 heteroatoms. The predicted molar refractivity (Wildman–Crippen MR) is 74.5 cm³/mol. The molecule has 0 bridgehead atoms. The Morgan fingerprint density at radius 2 is 2.27 bits per heavy atom. The van der Waals surface area contributed by atoms with E-state index in [4.69, 9.17) is 6.42 Å². The highest BCUT2D eigenvalue weighted by Crippen LogP contribution is 2.28. The summed E-state index contributed by atoms with van der Waals surface area (Å²) in [6, 6.07) is 5.95. The average molecular weight is 379 g/mol. The molecule has 0 saturated carbocycles. The van der Waals surface area contributed by atoms with Crippen LogP contribution in [0.4, 0.5) is 0 Å². The van der Waals surface area contributed by atoms with E-state index in [1.54, 1.807) is 0 Å². The zero-order valence-corrected chi connectivity index (χ0v) is 12.0. The lowest BCUT2D eigenvalue weighted by Crippen LogP contribution is -1.99. The number of unbranched alkanes of at least 4 members (excludes halogenated alkanes) is 1. The lowest BCUT2D eigenvalue weighted by Gasteiger charge is -2.12. The van der Waals surface area contributed by atoms with Gasteiger partial charge in [-0.2, -0.15) is 0 Å². The van der Waals surface area contributed by atoms with Gasteiger partial charge in [-0.3, -0.25) is 0 Å². The number of hydrogen-bond acceptors (Lipinski definition) is 1. The normalized spacial score (nSPS) is 12.1. The zero-order chi connectivity index (χ0) is 11.3. The molecule has 0 heterocycles. The summed E-state index contributed by atoms with van der Waals surface area (Å²) < 4.78 is 2.08. The van der Waals surface area contributed by atoms with Crippen LogP contribution in [0.25, 0.3) is 0 Å². The number of benzene rings is 1. The van der Waals surface area contributed by atoms with E-state index in [0.717, 1.165) is 26.4 Å². The minimum absolute atomic E-state index is 0.428. The van der Waals surface area contributed by atoms with Gasteiger partial charge >= 0.3 is 0 Å². The molecule has 0 radical (unpaired) electrons. The molecule has 0 aliphatic heterocycles. The van der Waals surface area contributed by atoms with Crippen molar-refractivity contribution in [2.45, 2.75) is 25.4 Å². The van der Waals surface area contributed by atoms with Crippen molar-refractivity contribution in [2.24, 2.45) is 0 Å². The summed E-state index contributed by atoms with van der Waals surface area (Å²) in [4.78, 5) is 0. The molecule has 0 amide bonds. The topological polar surface area (TPSA) is 20.2 Å². The van der Waals surface area contributed by atoms with E-state index >= 15 is 0 Å². The zero-order valence-electron chi connectivity index (χ0n) is 8.21. The summed E-state index contributed by atoms with van der Waals surface area (Å²) in [5, 5.41) is 9.95. The van der Waals surface area contributed by atoms with E-state index in [9.17, 15) is 5.11 Å². The third-order valence-corrected chi connectivity index (χ3v) is 3.51. The third-order valence-electron chi connectivity index (χ3n) is 2.12. The molecule has 1 unspecified atom stereocenters. The number of aliphatic hydroxyl groups excluding tert-OH is 1. The first-order chi connectivity index (χ1) is 7.15. The quantitative estimate of drug-likeness (QED) is 0.478. The number of aliphatic hydroxyl groups is 1. The summed E-state index contributed by atoms with van der Waals surface area (Å²) in [6.07, 6.45) is 7.03. The fourth-order valence-corrected chi connectivity index (χ4v) is 2.35. The van der Waals surface area contributed by atoms with Gasteiger partial charge in [0.25, 0.3) is 0 Å². The second kappa shape index (κ2) is 6.51. The number of hydrogen-bond donors (Lipinski definition) is 1. The first-order valence-corrected chi connectivity index (χ1v) is 6.59. The molecule has 1 nitrogen and oxygen atoms in total. The smallest absolute Gasteiger partial charge is 0.0801 e. The molecule has 80 valence electrons. The van der Waals surface area contributed by atoms with Crippen molar-refractivity contribution in [1.29, 1.82) is 0 Å². The molecule has 15 heavy (non-hydrogen) atoms. The van der Waals surface area contributed by atoms with Crippen LogP contribution in [-0.2, 0) is 0 Å². The Labute approximate surface area is 113 Å². The summed E-state index contributed by atoms with van der Waals surface area (Å²) in [6.45, 7) is 0. The van der Waals surface area contributed by atoms with Crippen LogP contribution < -0.4 is 0 Å². The van der Waals surface area contributed by atoms with Crippen LogP contribution in [-0.4, -0.2) is 5.11 Å². The third kappa shape index (κ3) is 4.13. The first-order valence-electron chi connectivity index (χ1n) is 4.71. The highest BCUT2D eigenvalue weighted by Gasteiger charge is 2.10. The maximum atomic E-state index is 9.95. The molecule has 0 aromatic heterocycles. The van der Waals surface area contributed by atoms with Crippen LogP contribution >= 0.6 is 38.5 Å². The maximum Gasteiger partial charge on any atom is 0.0801 e. The van der Waals surface area contributed by atoms with E-state index in [-0.39, 0.29) is 0 Å². The van der Waals surface area contributed by atoms with Crippen LogP contribution in [0.1, 0.15) is 30.9 Å². The monoisotopic (exact) mass is 378 g/mol. The molecule has 1 rings (SSSR count). The van der Waals surface area contributed by atoms with Gasteiger partial charge in [0, 0.05) is 14.5 Å². The summed E-state index contributed by atoms with van der Waals surface area (Å²) in [5.74, 6) is 2.58. The minimum Gasteiger partial charge on any atom is -0.388 e. The highest BCUT2D eigenvalue weighted by molar-refractivity contribution is 14.1. The number of rotatable bonds is 4. The van der Waals surface area contributed by atoms with Gasteiger partial charge in [0.2, 0.25) is 0 Å². The molecular formula is C12H12BrIO. The maximum absolute atomic E-state index is 9.95. The molecule has 0 aliphatic rings. The average Bonchev–Trinajstić information content (AvgIpc) is 2.22. The number of terminal acetylenes is 1. The van der Waals surface area contributed by atoms with Gasteiger partial charge in [-0.15, -0.1) is 12.3 Å². The molecule has 1 N–H and O–H groups in total. The van der Waals surface area contributed by atoms with Gasteiger partial charge in [0.15, 0.2) is 0 Å². The molecule has 0 spiro atoms. The van der Waals surface area contributed by atoms with E-state index in [1.165, 1.54) is 0 Å². The molecule has 0 fully saturated rings. The van der Waals surface area contributed by atoms with Crippen molar-refractivity contribution in [1.82, 2.24) is 0 Å². The Morgan fingerprint density at radius 1 is 1.53 bits per heavy atom. The highest BCUT2D eigenvalue weighted by atomic mass is 127. The second-order valence-corrected chi connectivity index (χ2v) is 5.38. The molecular weight excluding hydrogens is 367 g/mol. The number of halogens is 2. The predicted octanol–water partition coefficient (Wildman–Crippen LogP) is 3.89. The Morgan fingerprint density at radius 3 is 2.93 bits per heavy atom. The van der Waals surface area contributed by atoms with E-state index in [2.05, 4.69) is 44.4 Å². The Bertz CT molecular complexity index is 370. The Hall–Kier alpha value is -0.0500. The lowest BCUT2D eigenvalue weighted by molar-refractivity contribution is 0.164. The fourth-order valence-electron chi connectivity index (χ4n) is 1.32. The van der Waals surface area contributed by atoms with Gasteiger partial charge < -0.3 is 5.11 Å². The summed E-state index contributed by atoms with van der Waals surface area (Å²) >= 11 is 5.67. The van der Waals surface area contributed by atoms with Crippen molar-refractivity contribution in [2.75, 3.05) is 0 Å². The van der Waals surface area contributed by atoms with Crippen molar-refractivity contribution in [3.63, 3.8) is 0 Å². The van der Waals surface area contributed by atoms with Crippen molar-refractivity contribution < 1.29 is 5.11 Å². The minimum atomic E-state index is -0.428. The van der Waals surface area contributed by atoms with Gasteiger partial charge in [-0.1, -0.05) is 15.9 Å². The van der Waals surface area contributed by atoms with Gasteiger partial charge in [0.05, 0.1) is 6.10 Å². The van der Waals surface area contributed by atoms with Gasteiger partial charge in [0.1, 0.15) is 0 Å². The van der Waals surface area contributed by atoms with E-state index in [0.29, 0.717) is 6.42 Å². The van der Waals surface area contributed by atoms with Crippen LogP contribution in [0.3, 0.4) is 0 Å². The molecule has 1 aromatic carbocycles. The molecule has 0 aliphatic carbocycles. The van der Waals surface area contributed by atoms with Crippen LogP contribution in [0.2, 0.25) is 0 Å². The van der Waals surface area contributed by atoms with Crippen LogP contribution in [0.5, 0.6) is 0 Å². The second-order valence-electron chi connectivity index (χ2n) is 3.28. The summed E-state index contributed by atoms with van der Waals surface area (Å²) in [5.41, 5.74) is 0.943. The van der Waals surface area contributed by atoms with Crippen LogP contribution in [0, 0.1) is 15.9 Å². The van der Waals surface area contributed by atoms with Crippen molar-refractivity contribution in [3.05, 3.63) is 31.8 Å². The van der Waals surface area contributed by atoms with Crippen LogP contribution in [0.15, 0.2) is 22.7 Å².